The average molecular weight is 222 g/mol. The van der Waals surface area contributed by atoms with Crippen molar-refractivity contribution in [2.24, 2.45) is 5.92 Å². The number of nitrogens with zero attached hydrogens (tertiary/aromatic N) is 1. The van der Waals surface area contributed by atoms with E-state index in [4.69, 9.17) is 4.42 Å². The third-order valence-electron chi connectivity index (χ3n) is 3.13. The molecule has 1 aliphatic heterocycles. The van der Waals surface area contributed by atoms with Gasteiger partial charge in [-0.2, -0.15) is 0 Å². The molecule has 2 rings (SSSR count). The van der Waals surface area contributed by atoms with Crippen molar-refractivity contribution < 1.29 is 9.21 Å². The summed E-state index contributed by atoms with van der Waals surface area (Å²) in [5.74, 6) is 0.895. The maximum absolute atomic E-state index is 11.6. The maximum atomic E-state index is 11.6. The van der Waals surface area contributed by atoms with Gasteiger partial charge in [0.05, 0.1) is 6.26 Å². The van der Waals surface area contributed by atoms with Crippen LogP contribution in [-0.4, -0.2) is 37.5 Å². The van der Waals surface area contributed by atoms with Gasteiger partial charge in [-0.15, -0.1) is 0 Å². The van der Waals surface area contributed by atoms with Gasteiger partial charge in [-0.3, -0.25) is 4.79 Å². The largest absolute Gasteiger partial charge is 0.459 e. The minimum Gasteiger partial charge on any atom is -0.459 e. The van der Waals surface area contributed by atoms with Crippen LogP contribution in [0.4, 0.5) is 0 Å². The highest BCUT2D eigenvalue weighted by Crippen LogP contribution is 2.14. The molecule has 0 radical (unpaired) electrons. The van der Waals surface area contributed by atoms with Crippen molar-refractivity contribution in [2.75, 3.05) is 26.7 Å². The van der Waals surface area contributed by atoms with Crippen molar-refractivity contribution in [3.63, 3.8) is 0 Å². The number of nitrogens with one attached hydrogen (secondary N) is 1. The first-order valence-electron chi connectivity index (χ1n) is 5.76. The van der Waals surface area contributed by atoms with Gasteiger partial charge in [0, 0.05) is 6.54 Å². The molecule has 0 saturated carbocycles. The second kappa shape index (κ2) is 5.16. The lowest BCUT2D eigenvalue weighted by atomic mass is 9.97. The monoisotopic (exact) mass is 222 g/mol. The molecule has 0 aliphatic carbocycles. The van der Waals surface area contributed by atoms with E-state index < -0.39 is 0 Å². The molecule has 1 aromatic heterocycles. The van der Waals surface area contributed by atoms with Gasteiger partial charge in [-0.05, 0) is 51.0 Å². The van der Waals surface area contributed by atoms with Gasteiger partial charge in [0.1, 0.15) is 0 Å². The van der Waals surface area contributed by atoms with Crippen LogP contribution in [0.3, 0.4) is 0 Å². The van der Waals surface area contributed by atoms with Gasteiger partial charge in [-0.25, -0.2) is 0 Å². The van der Waals surface area contributed by atoms with Crippen LogP contribution in [0.2, 0.25) is 0 Å². The fourth-order valence-corrected chi connectivity index (χ4v) is 2.00. The summed E-state index contributed by atoms with van der Waals surface area (Å²) < 4.78 is 5.03. The molecular weight excluding hydrogens is 204 g/mol. The van der Waals surface area contributed by atoms with Crippen LogP contribution < -0.4 is 5.32 Å². The zero-order valence-electron chi connectivity index (χ0n) is 9.61. The fraction of sp³-hybridized carbons (Fsp3) is 0.583. The molecule has 4 heteroatoms. The molecule has 0 aromatic carbocycles. The number of amides is 1. The molecule has 16 heavy (non-hydrogen) atoms. The Morgan fingerprint density at radius 2 is 2.31 bits per heavy atom. The Morgan fingerprint density at radius 1 is 1.56 bits per heavy atom. The smallest absolute Gasteiger partial charge is 0.286 e. The lowest BCUT2D eigenvalue weighted by Crippen LogP contribution is -2.36. The number of likely N-dealkylation sites (tertiary alicyclic amines) is 1. The number of carbonyl (C=O) groups excluding carboxylic acids is 1. The van der Waals surface area contributed by atoms with Gasteiger partial charge in [0.15, 0.2) is 5.76 Å². The Hall–Kier alpha value is -1.29. The van der Waals surface area contributed by atoms with Crippen molar-refractivity contribution in [3.05, 3.63) is 24.2 Å². The average Bonchev–Trinajstić information content (AvgIpc) is 2.81. The fourth-order valence-electron chi connectivity index (χ4n) is 2.00. The molecule has 0 spiro atoms. The number of piperidine rings is 1. The van der Waals surface area contributed by atoms with Crippen molar-refractivity contribution in [1.82, 2.24) is 10.2 Å². The van der Waals surface area contributed by atoms with E-state index in [9.17, 15) is 4.79 Å². The van der Waals surface area contributed by atoms with Crippen LogP contribution in [-0.2, 0) is 0 Å². The molecule has 0 unspecified atom stereocenters. The molecule has 1 aromatic rings. The molecule has 1 aliphatic rings. The molecule has 88 valence electrons. The Morgan fingerprint density at radius 3 is 2.94 bits per heavy atom. The van der Waals surface area contributed by atoms with Crippen LogP contribution in [0.15, 0.2) is 22.8 Å². The van der Waals surface area contributed by atoms with E-state index in [1.54, 1.807) is 12.1 Å². The van der Waals surface area contributed by atoms with E-state index in [1.165, 1.54) is 6.26 Å². The van der Waals surface area contributed by atoms with Crippen molar-refractivity contribution in [1.29, 1.82) is 0 Å². The van der Waals surface area contributed by atoms with E-state index in [-0.39, 0.29) is 5.91 Å². The Kier molecular flexibility index (Phi) is 3.62. The van der Waals surface area contributed by atoms with E-state index in [1.807, 2.05) is 0 Å². The van der Waals surface area contributed by atoms with Gasteiger partial charge in [0.25, 0.3) is 5.91 Å². The number of carbonyl (C=O) groups is 1. The molecule has 0 atom stereocenters. The van der Waals surface area contributed by atoms with Crippen LogP contribution >= 0.6 is 0 Å². The molecule has 1 saturated heterocycles. The lowest BCUT2D eigenvalue weighted by molar-refractivity contribution is 0.0911. The normalized spacial score (nSPS) is 18.6. The summed E-state index contributed by atoms with van der Waals surface area (Å²) in [6.45, 7) is 3.01. The molecule has 1 N–H and O–H groups in total. The van der Waals surface area contributed by atoms with Gasteiger partial charge < -0.3 is 14.6 Å². The first-order chi connectivity index (χ1) is 7.75. The van der Waals surface area contributed by atoms with Crippen molar-refractivity contribution in [2.45, 2.75) is 12.8 Å². The first-order valence-corrected chi connectivity index (χ1v) is 5.76. The van der Waals surface area contributed by atoms with Gasteiger partial charge >= 0.3 is 0 Å². The third-order valence-corrected chi connectivity index (χ3v) is 3.13. The summed E-state index contributed by atoms with van der Waals surface area (Å²) in [5, 5.41) is 2.92. The molecular formula is C12H18N2O2. The topological polar surface area (TPSA) is 45.5 Å². The maximum Gasteiger partial charge on any atom is 0.286 e. The van der Waals surface area contributed by atoms with Crippen LogP contribution in [0.25, 0.3) is 0 Å². The summed E-state index contributed by atoms with van der Waals surface area (Å²) >= 11 is 0. The summed E-state index contributed by atoms with van der Waals surface area (Å²) in [6, 6.07) is 3.41. The van der Waals surface area contributed by atoms with E-state index in [0.717, 1.165) is 32.5 Å². The lowest BCUT2D eigenvalue weighted by Gasteiger charge is -2.28. The third kappa shape index (κ3) is 2.85. The summed E-state index contributed by atoms with van der Waals surface area (Å²) in [5.41, 5.74) is 0. The standard InChI is InChI=1S/C12H18N2O2/c1-14-6-4-10(5-7-14)9-13-12(15)11-3-2-8-16-11/h2-3,8,10H,4-7,9H2,1H3,(H,13,15). The van der Waals surface area contributed by atoms with E-state index in [0.29, 0.717) is 11.7 Å². The SMILES string of the molecule is CN1CCC(CNC(=O)c2ccco2)CC1. The summed E-state index contributed by atoms with van der Waals surface area (Å²) in [4.78, 5) is 13.9. The predicted molar refractivity (Wildman–Crippen MR) is 61.3 cm³/mol. The van der Waals surface area contributed by atoms with Crippen molar-refractivity contribution in [3.8, 4) is 0 Å². The second-order valence-electron chi connectivity index (χ2n) is 4.43. The second-order valence-corrected chi connectivity index (χ2v) is 4.43. The zero-order chi connectivity index (χ0) is 11.4. The Labute approximate surface area is 95.6 Å². The van der Waals surface area contributed by atoms with Crippen LogP contribution in [0, 0.1) is 5.92 Å². The highest BCUT2D eigenvalue weighted by molar-refractivity contribution is 5.91. The van der Waals surface area contributed by atoms with Gasteiger partial charge in [0.2, 0.25) is 0 Å². The molecule has 2 heterocycles. The number of hydrogen-bond acceptors (Lipinski definition) is 3. The minimum atomic E-state index is -0.107. The van der Waals surface area contributed by atoms with Crippen LogP contribution in [0.5, 0.6) is 0 Å². The molecule has 1 fully saturated rings. The molecule has 4 nitrogen and oxygen atoms in total. The molecule has 1 amide bonds. The van der Waals surface area contributed by atoms with E-state index in [2.05, 4.69) is 17.3 Å². The highest BCUT2D eigenvalue weighted by atomic mass is 16.3. The number of hydrogen-bond donors (Lipinski definition) is 1. The zero-order valence-corrected chi connectivity index (χ0v) is 9.61. The Bertz CT molecular complexity index is 327. The number of furan rings is 1. The Balaban J connectivity index is 1.73. The highest BCUT2D eigenvalue weighted by Gasteiger charge is 2.17. The van der Waals surface area contributed by atoms with Crippen LogP contribution in [0.1, 0.15) is 23.4 Å². The predicted octanol–water partition coefficient (Wildman–Crippen LogP) is 1.35. The van der Waals surface area contributed by atoms with Crippen molar-refractivity contribution >= 4 is 5.91 Å². The number of rotatable bonds is 3. The quantitative estimate of drug-likeness (QED) is 0.839. The minimum absolute atomic E-state index is 0.107. The van der Waals surface area contributed by atoms with E-state index >= 15 is 0 Å². The van der Waals surface area contributed by atoms with Gasteiger partial charge in [-0.1, -0.05) is 0 Å². The molecule has 0 bridgehead atoms. The summed E-state index contributed by atoms with van der Waals surface area (Å²) in [7, 11) is 2.14. The first kappa shape index (κ1) is 11.2. The summed E-state index contributed by atoms with van der Waals surface area (Å²) in [6.07, 6.45) is 3.84.